The predicted octanol–water partition coefficient (Wildman–Crippen LogP) is 6.38. The summed E-state index contributed by atoms with van der Waals surface area (Å²) in [6.45, 7) is 6.59. The molecule has 4 heteroatoms. The molecule has 1 heterocycles. The topological polar surface area (TPSA) is 28.2 Å². The maximum atomic E-state index is 6.08. The van der Waals surface area contributed by atoms with E-state index in [1.807, 2.05) is 30.5 Å². The van der Waals surface area contributed by atoms with Crippen LogP contribution < -0.4 is 5.32 Å². The molecule has 3 aromatic rings. The fourth-order valence-corrected chi connectivity index (χ4v) is 3.62. The molecule has 0 saturated heterocycles. The van der Waals surface area contributed by atoms with Gasteiger partial charge in [-0.3, -0.25) is 9.88 Å². The van der Waals surface area contributed by atoms with Crippen molar-refractivity contribution in [2.45, 2.75) is 39.2 Å². The Hall–Kier alpha value is -2.10. The van der Waals surface area contributed by atoms with E-state index in [-0.39, 0.29) is 0 Å². The average Bonchev–Trinajstić information content (AvgIpc) is 2.72. The van der Waals surface area contributed by atoms with Crippen molar-refractivity contribution in [2.24, 2.45) is 0 Å². The normalized spacial score (nSPS) is 11.2. The molecule has 148 valence electrons. The number of unbranched alkanes of at least 4 members (excludes halogenated alkanes) is 2. The first-order chi connectivity index (χ1) is 13.8. The third-order valence-electron chi connectivity index (χ3n) is 5.00. The van der Waals surface area contributed by atoms with Crippen LogP contribution in [-0.2, 0) is 6.54 Å². The number of aromatic nitrogens is 1. The fourth-order valence-electron chi connectivity index (χ4n) is 3.45. The van der Waals surface area contributed by atoms with Gasteiger partial charge in [0.05, 0.1) is 5.52 Å². The number of fused-ring (bicyclic) bond motifs is 1. The van der Waals surface area contributed by atoms with Gasteiger partial charge < -0.3 is 5.32 Å². The van der Waals surface area contributed by atoms with E-state index < -0.39 is 0 Å². The molecule has 0 atom stereocenters. The molecule has 0 bridgehead atoms. The summed E-state index contributed by atoms with van der Waals surface area (Å²) in [6.07, 6.45) is 6.68. The SMILES string of the molecule is CCCCN(CCCCNc1ccnc2cc(Cl)ccc12)Cc1ccccc1. The van der Waals surface area contributed by atoms with Gasteiger partial charge in [-0.05, 0) is 62.2 Å². The van der Waals surface area contributed by atoms with Gasteiger partial charge in [0.1, 0.15) is 0 Å². The first-order valence-electron chi connectivity index (χ1n) is 10.3. The molecule has 0 spiro atoms. The number of nitrogens with one attached hydrogen (secondary N) is 1. The molecule has 28 heavy (non-hydrogen) atoms. The maximum absolute atomic E-state index is 6.08. The number of hydrogen-bond acceptors (Lipinski definition) is 3. The van der Waals surface area contributed by atoms with Crippen LogP contribution in [-0.4, -0.2) is 29.5 Å². The molecular weight excluding hydrogens is 366 g/mol. The number of anilines is 1. The largest absolute Gasteiger partial charge is 0.384 e. The minimum absolute atomic E-state index is 0.725. The molecule has 0 aliphatic carbocycles. The van der Waals surface area contributed by atoms with Gasteiger partial charge in [-0.1, -0.05) is 55.3 Å². The monoisotopic (exact) mass is 395 g/mol. The lowest BCUT2D eigenvalue weighted by molar-refractivity contribution is 0.256. The Bertz CT molecular complexity index is 851. The minimum atomic E-state index is 0.725. The molecule has 3 nitrogen and oxygen atoms in total. The Morgan fingerprint density at radius 2 is 1.79 bits per heavy atom. The highest BCUT2D eigenvalue weighted by molar-refractivity contribution is 6.31. The lowest BCUT2D eigenvalue weighted by Crippen LogP contribution is -2.26. The van der Waals surface area contributed by atoms with Crippen LogP contribution >= 0.6 is 11.6 Å². The van der Waals surface area contributed by atoms with Gasteiger partial charge in [0.25, 0.3) is 0 Å². The summed E-state index contributed by atoms with van der Waals surface area (Å²) in [7, 11) is 0. The van der Waals surface area contributed by atoms with Crippen molar-refractivity contribution in [2.75, 3.05) is 25.0 Å². The number of nitrogens with zero attached hydrogens (tertiary/aromatic N) is 2. The average molecular weight is 396 g/mol. The second kappa shape index (κ2) is 11.0. The smallest absolute Gasteiger partial charge is 0.0737 e. The van der Waals surface area contributed by atoms with Gasteiger partial charge in [-0.15, -0.1) is 0 Å². The maximum Gasteiger partial charge on any atom is 0.0737 e. The number of pyridine rings is 1. The van der Waals surface area contributed by atoms with E-state index in [0.29, 0.717) is 0 Å². The van der Waals surface area contributed by atoms with Crippen LogP contribution in [0.1, 0.15) is 38.2 Å². The Kier molecular flexibility index (Phi) is 8.13. The third-order valence-corrected chi connectivity index (χ3v) is 5.23. The Labute approximate surface area is 173 Å². The van der Waals surface area contributed by atoms with E-state index in [4.69, 9.17) is 11.6 Å². The molecule has 0 fully saturated rings. The van der Waals surface area contributed by atoms with Crippen molar-refractivity contribution in [3.63, 3.8) is 0 Å². The molecule has 3 rings (SSSR count). The molecule has 0 aliphatic rings. The van der Waals surface area contributed by atoms with Gasteiger partial charge in [0, 0.05) is 35.4 Å². The molecule has 0 amide bonds. The predicted molar refractivity (Wildman–Crippen MR) is 121 cm³/mol. The quantitative estimate of drug-likeness (QED) is 0.381. The van der Waals surface area contributed by atoms with Gasteiger partial charge >= 0.3 is 0 Å². The fraction of sp³-hybridized carbons (Fsp3) is 0.375. The van der Waals surface area contributed by atoms with Crippen molar-refractivity contribution < 1.29 is 0 Å². The molecule has 2 aromatic carbocycles. The minimum Gasteiger partial charge on any atom is -0.384 e. The summed E-state index contributed by atoms with van der Waals surface area (Å²) in [5, 5.41) is 5.42. The zero-order chi connectivity index (χ0) is 19.6. The highest BCUT2D eigenvalue weighted by Gasteiger charge is 2.06. The van der Waals surface area contributed by atoms with Crippen LogP contribution in [0, 0.1) is 0 Å². The first kappa shape index (κ1) is 20.6. The summed E-state index contributed by atoms with van der Waals surface area (Å²) in [5.74, 6) is 0. The van der Waals surface area contributed by atoms with Crippen molar-refractivity contribution in [1.29, 1.82) is 0 Å². The molecule has 0 saturated carbocycles. The van der Waals surface area contributed by atoms with Gasteiger partial charge in [-0.2, -0.15) is 0 Å². The molecular formula is C24H30ClN3. The van der Waals surface area contributed by atoms with E-state index in [2.05, 4.69) is 52.5 Å². The van der Waals surface area contributed by atoms with E-state index in [9.17, 15) is 0 Å². The zero-order valence-corrected chi connectivity index (χ0v) is 17.5. The standard InChI is InChI=1S/C24H30ClN3/c1-2-3-16-28(19-20-9-5-4-6-10-20)17-8-7-14-26-23-13-15-27-24-18-21(25)11-12-22(23)24/h4-6,9-13,15,18H,2-3,7-8,14,16-17,19H2,1H3,(H,26,27). The van der Waals surface area contributed by atoms with E-state index in [1.165, 1.54) is 31.4 Å². The Morgan fingerprint density at radius 1 is 0.964 bits per heavy atom. The summed E-state index contributed by atoms with van der Waals surface area (Å²) in [6, 6.07) is 18.7. The van der Waals surface area contributed by atoms with Crippen LogP contribution in [0.25, 0.3) is 10.9 Å². The highest BCUT2D eigenvalue weighted by atomic mass is 35.5. The van der Waals surface area contributed by atoms with Gasteiger partial charge in [-0.25, -0.2) is 0 Å². The Morgan fingerprint density at radius 3 is 2.61 bits per heavy atom. The van der Waals surface area contributed by atoms with Gasteiger partial charge in [0.15, 0.2) is 0 Å². The lowest BCUT2D eigenvalue weighted by atomic mass is 10.1. The van der Waals surface area contributed by atoms with Crippen molar-refractivity contribution in [3.05, 3.63) is 71.4 Å². The van der Waals surface area contributed by atoms with E-state index >= 15 is 0 Å². The van der Waals surface area contributed by atoms with Crippen LogP contribution in [0.4, 0.5) is 5.69 Å². The summed E-state index contributed by atoms with van der Waals surface area (Å²) < 4.78 is 0. The first-order valence-corrected chi connectivity index (χ1v) is 10.7. The lowest BCUT2D eigenvalue weighted by Gasteiger charge is -2.22. The van der Waals surface area contributed by atoms with E-state index in [1.54, 1.807) is 0 Å². The van der Waals surface area contributed by atoms with Crippen molar-refractivity contribution >= 4 is 28.2 Å². The number of benzene rings is 2. The highest BCUT2D eigenvalue weighted by Crippen LogP contribution is 2.24. The number of rotatable bonds is 11. The van der Waals surface area contributed by atoms with Crippen LogP contribution in [0.2, 0.25) is 5.02 Å². The zero-order valence-electron chi connectivity index (χ0n) is 16.7. The number of halogens is 1. The van der Waals surface area contributed by atoms with Crippen LogP contribution in [0.15, 0.2) is 60.8 Å². The number of hydrogen-bond donors (Lipinski definition) is 1. The molecule has 1 aromatic heterocycles. The van der Waals surface area contributed by atoms with Crippen molar-refractivity contribution in [3.8, 4) is 0 Å². The van der Waals surface area contributed by atoms with Crippen molar-refractivity contribution in [1.82, 2.24) is 9.88 Å². The summed E-state index contributed by atoms with van der Waals surface area (Å²) in [4.78, 5) is 6.99. The summed E-state index contributed by atoms with van der Waals surface area (Å²) in [5.41, 5.74) is 3.47. The second-order valence-corrected chi connectivity index (χ2v) is 7.71. The second-order valence-electron chi connectivity index (χ2n) is 7.27. The van der Waals surface area contributed by atoms with Gasteiger partial charge in [0.2, 0.25) is 0 Å². The molecule has 1 N–H and O–H groups in total. The van der Waals surface area contributed by atoms with Crippen LogP contribution in [0.3, 0.4) is 0 Å². The summed E-state index contributed by atoms with van der Waals surface area (Å²) >= 11 is 6.08. The Balaban J connectivity index is 1.47. The van der Waals surface area contributed by atoms with Crippen LogP contribution in [0.5, 0.6) is 0 Å². The molecule has 0 aliphatic heterocycles. The molecule has 0 unspecified atom stereocenters. The van der Waals surface area contributed by atoms with E-state index in [0.717, 1.165) is 47.7 Å². The third kappa shape index (κ3) is 6.22. The molecule has 0 radical (unpaired) electrons.